The molecule has 0 saturated heterocycles. The molecule has 0 aliphatic heterocycles. The molecule has 0 saturated carbocycles. The van der Waals surface area contributed by atoms with Crippen LogP contribution in [0.3, 0.4) is 0 Å². The third-order valence-corrected chi connectivity index (χ3v) is 5.44. The SMILES string of the molecule is NC(=O)c1ccccc1CN(C(=O)c1ccccc1)[C@@H]1CCc2ccc(F)cc21. The van der Waals surface area contributed by atoms with Crippen LogP contribution in [-0.4, -0.2) is 16.7 Å². The van der Waals surface area contributed by atoms with Crippen LogP contribution < -0.4 is 5.73 Å². The summed E-state index contributed by atoms with van der Waals surface area (Å²) in [5.74, 6) is -1.02. The van der Waals surface area contributed by atoms with E-state index in [2.05, 4.69) is 0 Å². The molecule has 0 bridgehead atoms. The van der Waals surface area contributed by atoms with Crippen LogP contribution in [0.15, 0.2) is 72.8 Å². The molecular formula is C24H21FN2O2. The van der Waals surface area contributed by atoms with E-state index in [-0.39, 0.29) is 24.3 Å². The molecule has 3 aromatic rings. The van der Waals surface area contributed by atoms with Crippen LogP contribution in [0.25, 0.3) is 0 Å². The van der Waals surface area contributed by atoms with Gasteiger partial charge in [0.1, 0.15) is 5.82 Å². The second kappa shape index (κ2) is 7.87. The highest BCUT2D eigenvalue weighted by Crippen LogP contribution is 2.38. The molecular weight excluding hydrogens is 367 g/mol. The predicted molar refractivity (Wildman–Crippen MR) is 109 cm³/mol. The third kappa shape index (κ3) is 3.76. The molecule has 29 heavy (non-hydrogen) atoms. The Hall–Kier alpha value is -3.47. The number of aryl methyl sites for hydroxylation is 1. The maximum Gasteiger partial charge on any atom is 0.254 e. The Kier molecular flexibility index (Phi) is 5.12. The number of amides is 2. The number of carbonyl (C=O) groups excluding carboxylic acids is 2. The highest BCUT2D eigenvalue weighted by atomic mass is 19.1. The van der Waals surface area contributed by atoms with Crippen molar-refractivity contribution in [3.63, 3.8) is 0 Å². The lowest BCUT2D eigenvalue weighted by atomic mass is 10.0. The van der Waals surface area contributed by atoms with E-state index in [1.54, 1.807) is 41.3 Å². The fourth-order valence-electron chi connectivity index (χ4n) is 4.03. The summed E-state index contributed by atoms with van der Waals surface area (Å²) in [7, 11) is 0. The van der Waals surface area contributed by atoms with Crippen LogP contribution in [0.2, 0.25) is 0 Å². The van der Waals surface area contributed by atoms with Gasteiger partial charge in [-0.2, -0.15) is 0 Å². The van der Waals surface area contributed by atoms with Crippen molar-refractivity contribution in [3.05, 3.63) is 106 Å². The van der Waals surface area contributed by atoms with Gasteiger partial charge in [0, 0.05) is 17.7 Å². The van der Waals surface area contributed by atoms with Crippen LogP contribution in [0, 0.1) is 5.82 Å². The molecule has 2 amide bonds. The number of fused-ring (bicyclic) bond motifs is 1. The van der Waals surface area contributed by atoms with Crippen molar-refractivity contribution in [3.8, 4) is 0 Å². The first-order chi connectivity index (χ1) is 14.0. The highest BCUT2D eigenvalue weighted by Gasteiger charge is 2.32. The van der Waals surface area contributed by atoms with Gasteiger partial charge < -0.3 is 10.6 Å². The molecule has 0 unspecified atom stereocenters. The lowest BCUT2D eigenvalue weighted by molar-refractivity contribution is 0.0656. The van der Waals surface area contributed by atoms with Crippen molar-refractivity contribution in [2.75, 3.05) is 0 Å². The molecule has 0 heterocycles. The third-order valence-electron chi connectivity index (χ3n) is 5.44. The molecule has 4 nitrogen and oxygen atoms in total. The van der Waals surface area contributed by atoms with Crippen molar-refractivity contribution >= 4 is 11.8 Å². The fourth-order valence-corrected chi connectivity index (χ4v) is 4.03. The second-order valence-corrected chi connectivity index (χ2v) is 7.22. The Bertz CT molecular complexity index is 1070. The zero-order valence-corrected chi connectivity index (χ0v) is 15.8. The highest BCUT2D eigenvalue weighted by molar-refractivity contribution is 5.96. The predicted octanol–water partition coefficient (Wildman–Crippen LogP) is 4.25. The molecule has 1 atom stereocenters. The van der Waals surface area contributed by atoms with Crippen molar-refractivity contribution in [2.45, 2.75) is 25.4 Å². The monoisotopic (exact) mass is 388 g/mol. The van der Waals surface area contributed by atoms with Gasteiger partial charge in [0.25, 0.3) is 5.91 Å². The van der Waals surface area contributed by atoms with E-state index in [1.807, 2.05) is 24.3 Å². The largest absolute Gasteiger partial charge is 0.366 e. The molecule has 0 radical (unpaired) electrons. The summed E-state index contributed by atoms with van der Waals surface area (Å²) in [4.78, 5) is 27.0. The Morgan fingerprint density at radius 2 is 1.72 bits per heavy atom. The summed E-state index contributed by atoms with van der Waals surface area (Å²) in [5.41, 5.74) is 9.02. The van der Waals surface area contributed by atoms with Gasteiger partial charge in [0.2, 0.25) is 5.91 Å². The lowest BCUT2D eigenvalue weighted by Crippen LogP contribution is -2.34. The second-order valence-electron chi connectivity index (χ2n) is 7.22. The van der Waals surface area contributed by atoms with E-state index in [1.165, 1.54) is 12.1 Å². The number of halogens is 1. The quantitative estimate of drug-likeness (QED) is 0.710. The van der Waals surface area contributed by atoms with Gasteiger partial charge in [-0.05, 0) is 59.9 Å². The zero-order chi connectivity index (χ0) is 20.4. The first kappa shape index (κ1) is 18.9. The summed E-state index contributed by atoms with van der Waals surface area (Å²) >= 11 is 0. The maximum absolute atomic E-state index is 14.0. The van der Waals surface area contributed by atoms with Gasteiger partial charge in [-0.25, -0.2) is 4.39 Å². The maximum atomic E-state index is 14.0. The Morgan fingerprint density at radius 3 is 2.48 bits per heavy atom. The number of benzene rings is 3. The van der Waals surface area contributed by atoms with E-state index in [9.17, 15) is 14.0 Å². The minimum Gasteiger partial charge on any atom is -0.366 e. The van der Waals surface area contributed by atoms with E-state index in [0.717, 1.165) is 17.5 Å². The number of rotatable bonds is 5. The number of hydrogen-bond donors (Lipinski definition) is 1. The summed E-state index contributed by atoms with van der Waals surface area (Å²) < 4.78 is 14.0. The van der Waals surface area contributed by atoms with Crippen LogP contribution in [0.4, 0.5) is 4.39 Å². The van der Waals surface area contributed by atoms with E-state index >= 15 is 0 Å². The van der Waals surface area contributed by atoms with E-state index in [0.29, 0.717) is 23.1 Å². The van der Waals surface area contributed by atoms with Crippen molar-refractivity contribution in [2.24, 2.45) is 5.73 Å². The molecule has 0 fully saturated rings. The van der Waals surface area contributed by atoms with Crippen molar-refractivity contribution in [1.29, 1.82) is 0 Å². The molecule has 1 aliphatic carbocycles. The number of nitrogens with two attached hydrogens (primary N) is 1. The standard InChI is InChI=1S/C24H21FN2O2/c25-19-12-10-16-11-13-22(21(16)14-19)27(24(29)17-6-2-1-3-7-17)15-18-8-4-5-9-20(18)23(26)28/h1-10,12,14,22H,11,13,15H2,(H2,26,28)/t22-/m1/s1. The van der Waals surface area contributed by atoms with Crippen LogP contribution in [-0.2, 0) is 13.0 Å². The Balaban J connectivity index is 1.77. The van der Waals surface area contributed by atoms with Crippen LogP contribution in [0.5, 0.6) is 0 Å². The van der Waals surface area contributed by atoms with Gasteiger partial charge in [-0.3, -0.25) is 9.59 Å². The summed E-state index contributed by atoms with van der Waals surface area (Å²) in [6, 6.07) is 20.5. The minimum absolute atomic E-state index is 0.160. The molecule has 3 aromatic carbocycles. The van der Waals surface area contributed by atoms with Gasteiger partial charge in [-0.15, -0.1) is 0 Å². The van der Waals surface area contributed by atoms with Gasteiger partial charge in [0.05, 0.1) is 6.04 Å². The average Bonchev–Trinajstić information content (AvgIpc) is 3.15. The van der Waals surface area contributed by atoms with E-state index in [4.69, 9.17) is 5.73 Å². The first-order valence-electron chi connectivity index (χ1n) is 9.56. The van der Waals surface area contributed by atoms with Crippen molar-refractivity contribution in [1.82, 2.24) is 4.90 Å². The number of carbonyl (C=O) groups is 2. The van der Waals surface area contributed by atoms with E-state index < -0.39 is 5.91 Å². The topological polar surface area (TPSA) is 63.4 Å². The molecule has 5 heteroatoms. The Morgan fingerprint density at radius 1 is 1.00 bits per heavy atom. The lowest BCUT2D eigenvalue weighted by Gasteiger charge is -2.31. The molecule has 146 valence electrons. The van der Waals surface area contributed by atoms with Crippen LogP contribution >= 0.6 is 0 Å². The Labute approximate surface area is 168 Å². The summed E-state index contributed by atoms with van der Waals surface area (Å²) in [5, 5.41) is 0. The van der Waals surface area contributed by atoms with Gasteiger partial charge in [0.15, 0.2) is 0 Å². The zero-order valence-electron chi connectivity index (χ0n) is 15.8. The molecule has 4 rings (SSSR count). The number of nitrogens with zero attached hydrogens (tertiary/aromatic N) is 1. The number of hydrogen-bond acceptors (Lipinski definition) is 2. The average molecular weight is 388 g/mol. The van der Waals surface area contributed by atoms with Crippen LogP contribution in [0.1, 0.15) is 49.9 Å². The fraction of sp³-hybridized carbons (Fsp3) is 0.167. The minimum atomic E-state index is -0.537. The van der Waals surface area contributed by atoms with Crippen molar-refractivity contribution < 1.29 is 14.0 Å². The molecule has 2 N–H and O–H groups in total. The first-order valence-corrected chi connectivity index (χ1v) is 9.56. The normalized spacial score (nSPS) is 15.0. The summed E-state index contributed by atoms with van der Waals surface area (Å²) in [6.45, 7) is 0.216. The molecule has 0 spiro atoms. The summed E-state index contributed by atoms with van der Waals surface area (Å²) in [6.07, 6.45) is 1.48. The molecule has 1 aliphatic rings. The molecule has 0 aromatic heterocycles. The smallest absolute Gasteiger partial charge is 0.254 e. The van der Waals surface area contributed by atoms with Gasteiger partial charge >= 0.3 is 0 Å². The van der Waals surface area contributed by atoms with Gasteiger partial charge in [-0.1, -0.05) is 42.5 Å². The number of primary amides is 1.